The molecular weight excluding hydrogens is 389 g/mol. The number of nitrogens with zero attached hydrogens (tertiary/aromatic N) is 1. The van der Waals surface area contributed by atoms with Crippen LogP contribution in [0.4, 0.5) is 4.39 Å². The number of ether oxygens (including phenoxy) is 1. The molecule has 9 heteroatoms. The second-order valence-corrected chi connectivity index (χ2v) is 7.90. The second kappa shape index (κ2) is 6.77. The fourth-order valence-corrected chi connectivity index (χ4v) is 4.11. The molecule has 2 N–H and O–H groups in total. The van der Waals surface area contributed by atoms with Crippen molar-refractivity contribution in [1.29, 1.82) is 0 Å². The minimum absolute atomic E-state index is 0.00531. The SMILES string of the molecule is CCc1cc(C(=O)NC23CC(NC(=O)COc4ccc(Cl)c(F)c4)(C2)C3)on1. The summed E-state index contributed by atoms with van der Waals surface area (Å²) in [5.41, 5.74) is 0.116. The van der Waals surface area contributed by atoms with Crippen molar-refractivity contribution >= 4 is 23.4 Å². The summed E-state index contributed by atoms with van der Waals surface area (Å²) in [6.07, 6.45) is 2.66. The fourth-order valence-electron chi connectivity index (χ4n) is 3.99. The highest BCUT2D eigenvalue weighted by atomic mass is 35.5. The van der Waals surface area contributed by atoms with Crippen molar-refractivity contribution in [2.24, 2.45) is 0 Å². The van der Waals surface area contributed by atoms with Gasteiger partial charge in [-0.25, -0.2) is 4.39 Å². The van der Waals surface area contributed by atoms with E-state index < -0.39 is 5.82 Å². The van der Waals surface area contributed by atoms with Crippen LogP contribution in [0.1, 0.15) is 42.4 Å². The van der Waals surface area contributed by atoms with E-state index in [0.717, 1.165) is 11.8 Å². The summed E-state index contributed by atoms with van der Waals surface area (Å²) in [6, 6.07) is 5.64. The molecule has 2 bridgehead atoms. The molecule has 3 fully saturated rings. The number of halogens is 2. The maximum Gasteiger partial charge on any atom is 0.290 e. The predicted octanol–water partition coefficient (Wildman–Crippen LogP) is 2.63. The van der Waals surface area contributed by atoms with E-state index in [9.17, 15) is 14.0 Å². The molecule has 0 radical (unpaired) electrons. The summed E-state index contributed by atoms with van der Waals surface area (Å²) in [5.74, 6) is -0.757. The van der Waals surface area contributed by atoms with Crippen LogP contribution in [0.3, 0.4) is 0 Å². The van der Waals surface area contributed by atoms with Gasteiger partial charge in [0.05, 0.1) is 10.7 Å². The highest BCUT2D eigenvalue weighted by Gasteiger charge is 2.69. The molecule has 1 aromatic carbocycles. The quantitative estimate of drug-likeness (QED) is 0.736. The summed E-state index contributed by atoms with van der Waals surface area (Å²) in [4.78, 5) is 24.4. The first kappa shape index (κ1) is 18.7. The summed E-state index contributed by atoms with van der Waals surface area (Å²) in [5, 5.41) is 9.71. The summed E-state index contributed by atoms with van der Waals surface area (Å²) < 4.78 is 23.7. The topological polar surface area (TPSA) is 93.5 Å². The Morgan fingerprint density at radius 2 is 1.96 bits per heavy atom. The third-order valence-corrected chi connectivity index (χ3v) is 5.53. The molecule has 0 aliphatic heterocycles. The standard InChI is InChI=1S/C19H19ClFN3O4/c1-2-11-5-15(28-24-11)17(26)23-19-8-18(9-19,10-19)22-16(25)7-27-12-3-4-13(20)14(21)6-12/h3-6H,2,7-10H2,1H3,(H,22,25)(H,23,26). The molecule has 5 rings (SSSR count). The van der Waals surface area contributed by atoms with Crippen LogP contribution in [0.5, 0.6) is 5.75 Å². The van der Waals surface area contributed by atoms with Crippen molar-refractivity contribution in [2.75, 3.05) is 6.61 Å². The zero-order valence-corrected chi connectivity index (χ0v) is 15.9. The largest absolute Gasteiger partial charge is 0.484 e. The van der Waals surface area contributed by atoms with Crippen LogP contribution in [-0.2, 0) is 11.2 Å². The molecule has 0 spiro atoms. The first-order valence-corrected chi connectivity index (χ1v) is 9.37. The highest BCUT2D eigenvalue weighted by molar-refractivity contribution is 6.30. The number of aryl methyl sites for hydroxylation is 1. The van der Waals surface area contributed by atoms with E-state index in [2.05, 4.69) is 15.8 Å². The van der Waals surface area contributed by atoms with E-state index in [4.69, 9.17) is 20.9 Å². The lowest BCUT2D eigenvalue weighted by Gasteiger charge is -2.70. The van der Waals surface area contributed by atoms with Crippen LogP contribution >= 0.6 is 11.6 Å². The lowest BCUT2D eigenvalue weighted by molar-refractivity contribution is -0.141. The number of benzene rings is 1. The average Bonchev–Trinajstić information content (AvgIpc) is 3.09. The van der Waals surface area contributed by atoms with Crippen LogP contribution in [0.25, 0.3) is 0 Å². The van der Waals surface area contributed by atoms with E-state index in [1.165, 1.54) is 12.1 Å². The molecule has 7 nitrogen and oxygen atoms in total. The van der Waals surface area contributed by atoms with Gasteiger partial charge in [0.2, 0.25) is 5.76 Å². The van der Waals surface area contributed by atoms with Gasteiger partial charge in [-0.3, -0.25) is 9.59 Å². The third-order valence-electron chi connectivity index (χ3n) is 5.22. The van der Waals surface area contributed by atoms with Crippen molar-refractivity contribution in [1.82, 2.24) is 15.8 Å². The van der Waals surface area contributed by atoms with Crippen LogP contribution in [0.15, 0.2) is 28.8 Å². The molecule has 3 saturated carbocycles. The molecule has 3 aliphatic carbocycles. The predicted molar refractivity (Wildman–Crippen MR) is 97.7 cm³/mol. The summed E-state index contributed by atoms with van der Waals surface area (Å²) >= 11 is 5.61. The van der Waals surface area contributed by atoms with Gasteiger partial charge in [-0.05, 0) is 37.8 Å². The number of hydrogen-bond donors (Lipinski definition) is 2. The van der Waals surface area contributed by atoms with E-state index in [0.29, 0.717) is 25.7 Å². The summed E-state index contributed by atoms with van der Waals surface area (Å²) in [7, 11) is 0. The van der Waals surface area contributed by atoms with Gasteiger partial charge in [0, 0.05) is 23.2 Å². The number of carbonyl (C=O) groups is 2. The first-order valence-electron chi connectivity index (χ1n) is 8.99. The lowest BCUT2D eigenvalue weighted by atomic mass is 9.44. The van der Waals surface area contributed by atoms with E-state index in [1.54, 1.807) is 6.07 Å². The molecule has 28 heavy (non-hydrogen) atoms. The van der Waals surface area contributed by atoms with Crippen LogP contribution < -0.4 is 15.4 Å². The van der Waals surface area contributed by atoms with Crippen LogP contribution in [0.2, 0.25) is 5.02 Å². The minimum atomic E-state index is -0.602. The molecular formula is C19H19ClFN3O4. The lowest BCUT2D eigenvalue weighted by Crippen LogP contribution is -2.84. The maximum absolute atomic E-state index is 13.4. The van der Waals surface area contributed by atoms with Gasteiger partial charge in [0.25, 0.3) is 11.8 Å². The maximum atomic E-state index is 13.4. The van der Waals surface area contributed by atoms with E-state index in [1.807, 2.05) is 6.92 Å². The Morgan fingerprint density at radius 1 is 1.25 bits per heavy atom. The van der Waals surface area contributed by atoms with Crippen molar-refractivity contribution in [2.45, 2.75) is 43.7 Å². The molecule has 148 valence electrons. The van der Waals surface area contributed by atoms with Gasteiger partial charge in [-0.15, -0.1) is 0 Å². The number of rotatable bonds is 7. The number of amides is 2. The number of hydrogen-bond acceptors (Lipinski definition) is 5. The fraction of sp³-hybridized carbons (Fsp3) is 0.421. The molecule has 2 aromatic rings. The van der Waals surface area contributed by atoms with E-state index in [-0.39, 0.29) is 46.0 Å². The number of aromatic nitrogens is 1. The molecule has 1 aromatic heterocycles. The smallest absolute Gasteiger partial charge is 0.290 e. The Kier molecular flexibility index (Phi) is 4.53. The Hall–Kier alpha value is -2.61. The molecule has 3 aliphatic rings. The Balaban J connectivity index is 1.23. The second-order valence-electron chi connectivity index (χ2n) is 7.49. The van der Waals surface area contributed by atoms with Gasteiger partial charge in [0.15, 0.2) is 6.61 Å². The third kappa shape index (κ3) is 3.44. The van der Waals surface area contributed by atoms with E-state index >= 15 is 0 Å². The average molecular weight is 408 g/mol. The number of carbonyl (C=O) groups excluding carboxylic acids is 2. The minimum Gasteiger partial charge on any atom is -0.484 e. The molecule has 0 unspecified atom stereocenters. The van der Waals surface area contributed by atoms with Gasteiger partial charge < -0.3 is 19.9 Å². The summed E-state index contributed by atoms with van der Waals surface area (Å²) in [6.45, 7) is 1.71. The normalized spacial score (nSPS) is 24.7. The number of nitrogens with one attached hydrogen (secondary N) is 2. The Labute approximate surface area is 165 Å². The van der Waals surface area contributed by atoms with Gasteiger partial charge in [-0.1, -0.05) is 23.7 Å². The van der Waals surface area contributed by atoms with Crippen LogP contribution in [-0.4, -0.2) is 34.7 Å². The first-order chi connectivity index (χ1) is 13.3. The highest BCUT2D eigenvalue weighted by Crippen LogP contribution is 2.60. The van der Waals surface area contributed by atoms with Gasteiger partial charge >= 0.3 is 0 Å². The van der Waals surface area contributed by atoms with Crippen molar-refractivity contribution in [3.8, 4) is 5.75 Å². The Bertz CT molecular complexity index is 925. The molecule has 0 saturated heterocycles. The zero-order valence-electron chi connectivity index (χ0n) is 15.2. The van der Waals surface area contributed by atoms with Crippen molar-refractivity contribution in [3.63, 3.8) is 0 Å². The van der Waals surface area contributed by atoms with Crippen molar-refractivity contribution in [3.05, 3.63) is 46.6 Å². The van der Waals surface area contributed by atoms with Crippen molar-refractivity contribution < 1.29 is 23.2 Å². The zero-order chi connectivity index (χ0) is 19.9. The molecule has 0 atom stereocenters. The molecule has 2 amide bonds. The van der Waals surface area contributed by atoms with Gasteiger partial charge in [0.1, 0.15) is 11.6 Å². The van der Waals surface area contributed by atoms with Crippen LogP contribution in [0, 0.1) is 5.82 Å². The Morgan fingerprint density at radius 3 is 2.61 bits per heavy atom. The van der Waals surface area contributed by atoms with Gasteiger partial charge in [-0.2, -0.15) is 0 Å². The molecule has 1 heterocycles. The monoisotopic (exact) mass is 407 g/mol.